The molecule has 0 aromatic heterocycles. The second kappa shape index (κ2) is 11.6. The Labute approximate surface area is 206 Å². The molecule has 186 valence electrons. The number of para-hydroxylation sites is 1. The molecule has 1 amide bonds. The van der Waals surface area contributed by atoms with Crippen LogP contribution in [0.1, 0.15) is 11.1 Å². The number of nitrogens with zero attached hydrogens (tertiary/aromatic N) is 1. The van der Waals surface area contributed by atoms with Gasteiger partial charge in [-0.05, 0) is 55.3 Å². The summed E-state index contributed by atoms with van der Waals surface area (Å²) in [5.74, 6) is 0.970. The number of carbonyl (C=O) groups is 1. The van der Waals surface area contributed by atoms with Crippen LogP contribution in [0.2, 0.25) is 0 Å². The number of hydrogen-bond acceptors (Lipinski definition) is 6. The molecule has 0 radical (unpaired) electrons. The topological polar surface area (TPSA) is 94.2 Å². The van der Waals surface area contributed by atoms with Gasteiger partial charge in [-0.3, -0.25) is 9.10 Å². The molecule has 0 atom stereocenters. The number of rotatable bonds is 11. The van der Waals surface area contributed by atoms with Crippen molar-refractivity contribution in [3.05, 3.63) is 77.9 Å². The molecule has 0 saturated carbocycles. The van der Waals surface area contributed by atoms with Crippen molar-refractivity contribution < 1.29 is 27.4 Å². The summed E-state index contributed by atoms with van der Waals surface area (Å²) in [6, 6.07) is 18.7. The van der Waals surface area contributed by atoms with E-state index in [0.717, 1.165) is 21.2 Å². The average Bonchev–Trinajstić information content (AvgIpc) is 2.87. The summed E-state index contributed by atoms with van der Waals surface area (Å²) >= 11 is 0. The largest absolute Gasteiger partial charge is 0.493 e. The molecule has 0 heterocycles. The fraction of sp³-hybridized carbons (Fsp3) is 0.269. The Morgan fingerprint density at radius 2 is 1.60 bits per heavy atom. The lowest BCUT2D eigenvalue weighted by Gasteiger charge is -2.24. The second-order valence-corrected chi connectivity index (χ2v) is 9.69. The van der Waals surface area contributed by atoms with Crippen LogP contribution in [0.15, 0.2) is 71.6 Å². The van der Waals surface area contributed by atoms with Crippen LogP contribution in [-0.4, -0.2) is 48.2 Å². The van der Waals surface area contributed by atoms with Gasteiger partial charge in [0.1, 0.15) is 18.9 Å². The van der Waals surface area contributed by atoms with Crippen molar-refractivity contribution in [3.63, 3.8) is 0 Å². The van der Waals surface area contributed by atoms with Gasteiger partial charge < -0.3 is 19.5 Å². The van der Waals surface area contributed by atoms with Crippen LogP contribution in [-0.2, 0) is 14.8 Å². The van der Waals surface area contributed by atoms with E-state index < -0.39 is 22.5 Å². The van der Waals surface area contributed by atoms with Crippen LogP contribution in [0.4, 0.5) is 5.69 Å². The first-order chi connectivity index (χ1) is 16.8. The Balaban J connectivity index is 1.74. The maximum absolute atomic E-state index is 13.5. The van der Waals surface area contributed by atoms with Crippen molar-refractivity contribution in [2.75, 3.05) is 38.2 Å². The van der Waals surface area contributed by atoms with Crippen LogP contribution in [0.25, 0.3) is 0 Å². The minimum absolute atomic E-state index is 0.0231. The van der Waals surface area contributed by atoms with E-state index in [1.807, 2.05) is 32.0 Å². The third-order valence-electron chi connectivity index (χ3n) is 5.30. The third kappa shape index (κ3) is 6.45. The number of benzene rings is 3. The smallest absolute Gasteiger partial charge is 0.264 e. The molecule has 0 bridgehead atoms. The quantitative estimate of drug-likeness (QED) is 0.405. The molecule has 0 aliphatic heterocycles. The molecule has 8 nitrogen and oxygen atoms in total. The van der Waals surface area contributed by atoms with Gasteiger partial charge in [-0.15, -0.1) is 0 Å². The minimum Gasteiger partial charge on any atom is -0.493 e. The lowest BCUT2D eigenvalue weighted by atomic mass is 10.1. The van der Waals surface area contributed by atoms with E-state index in [1.165, 1.54) is 32.4 Å². The maximum atomic E-state index is 13.5. The lowest BCUT2D eigenvalue weighted by Crippen LogP contribution is -2.41. The molecule has 0 spiro atoms. The monoisotopic (exact) mass is 498 g/mol. The van der Waals surface area contributed by atoms with Gasteiger partial charge in [0.2, 0.25) is 5.91 Å². The second-order valence-electron chi connectivity index (χ2n) is 7.83. The number of amides is 1. The van der Waals surface area contributed by atoms with Crippen LogP contribution >= 0.6 is 0 Å². The van der Waals surface area contributed by atoms with E-state index >= 15 is 0 Å². The van der Waals surface area contributed by atoms with Gasteiger partial charge in [0.15, 0.2) is 11.5 Å². The Bertz CT molecular complexity index is 1260. The van der Waals surface area contributed by atoms with Crippen molar-refractivity contribution in [3.8, 4) is 17.2 Å². The van der Waals surface area contributed by atoms with Crippen molar-refractivity contribution >= 4 is 21.6 Å². The first kappa shape index (κ1) is 25.9. The van der Waals surface area contributed by atoms with Crippen LogP contribution < -0.4 is 23.8 Å². The molecule has 3 rings (SSSR count). The number of ether oxygens (including phenoxy) is 3. The maximum Gasteiger partial charge on any atom is 0.264 e. The average molecular weight is 499 g/mol. The molecule has 0 aliphatic carbocycles. The zero-order chi connectivity index (χ0) is 25.4. The number of nitrogens with one attached hydrogen (secondary N) is 1. The Kier molecular flexibility index (Phi) is 8.59. The summed E-state index contributed by atoms with van der Waals surface area (Å²) in [5.41, 5.74) is 2.44. The standard InChI is InChI=1S/C26H30N2O6S/c1-19-10-11-20(2)24(16-19)34-15-14-27-26(29)18-28(21-8-6-5-7-9-21)35(30,31)22-12-13-23(32-3)25(17-22)33-4/h5-13,16-17H,14-15,18H2,1-4H3,(H,27,29). The number of methoxy groups -OCH3 is 2. The molecule has 1 N–H and O–H groups in total. The van der Waals surface area contributed by atoms with Gasteiger partial charge in [0.25, 0.3) is 10.0 Å². The Morgan fingerprint density at radius 1 is 0.886 bits per heavy atom. The van der Waals surface area contributed by atoms with Gasteiger partial charge in [-0.25, -0.2) is 8.42 Å². The summed E-state index contributed by atoms with van der Waals surface area (Å²) in [5, 5.41) is 2.74. The Morgan fingerprint density at radius 3 is 2.29 bits per heavy atom. The normalized spacial score (nSPS) is 11.0. The van der Waals surface area contributed by atoms with Crippen LogP contribution in [0.3, 0.4) is 0 Å². The summed E-state index contributed by atoms with van der Waals surface area (Å²) in [7, 11) is -1.19. The van der Waals surface area contributed by atoms with Gasteiger partial charge >= 0.3 is 0 Å². The highest BCUT2D eigenvalue weighted by Gasteiger charge is 2.28. The zero-order valence-electron chi connectivity index (χ0n) is 20.3. The molecule has 35 heavy (non-hydrogen) atoms. The van der Waals surface area contributed by atoms with Crippen molar-refractivity contribution in [2.45, 2.75) is 18.7 Å². The first-order valence-corrected chi connectivity index (χ1v) is 12.5. The van der Waals surface area contributed by atoms with Gasteiger partial charge in [0.05, 0.1) is 31.3 Å². The summed E-state index contributed by atoms with van der Waals surface area (Å²) < 4.78 is 44.4. The third-order valence-corrected chi connectivity index (χ3v) is 7.07. The fourth-order valence-corrected chi connectivity index (χ4v) is 4.85. The van der Waals surface area contributed by atoms with E-state index in [0.29, 0.717) is 11.4 Å². The van der Waals surface area contributed by atoms with Crippen molar-refractivity contribution in [1.82, 2.24) is 5.32 Å². The number of hydrogen-bond donors (Lipinski definition) is 1. The number of anilines is 1. The predicted octanol–water partition coefficient (Wildman–Crippen LogP) is 3.71. The summed E-state index contributed by atoms with van der Waals surface area (Å²) in [4.78, 5) is 12.7. The van der Waals surface area contributed by atoms with Crippen LogP contribution in [0, 0.1) is 13.8 Å². The highest BCUT2D eigenvalue weighted by Crippen LogP contribution is 2.32. The van der Waals surface area contributed by atoms with Gasteiger partial charge in [0, 0.05) is 6.07 Å². The predicted molar refractivity (Wildman–Crippen MR) is 135 cm³/mol. The zero-order valence-corrected chi connectivity index (χ0v) is 21.1. The number of carbonyl (C=O) groups excluding carboxylic acids is 1. The van der Waals surface area contributed by atoms with E-state index in [2.05, 4.69) is 5.32 Å². The molecular formula is C26H30N2O6S. The van der Waals surface area contributed by atoms with E-state index in [4.69, 9.17) is 14.2 Å². The number of sulfonamides is 1. The molecule has 3 aromatic rings. The Hall–Kier alpha value is -3.72. The molecule has 3 aromatic carbocycles. The molecule has 0 aliphatic rings. The number of aryl methyl sites for hydroxylation is 2. The van der Waals surface area contributed by atoms with Crippen molar-refractivity contribution in [1.29, 1.82) is 0 Å². The highest BCUT2D eigenvalue weighted by atomic mass is 32.2. The molecule has 0 fully saturated rings. The van der Waals surface area contributed by atoms with Gasteiger partial charge in [-0.1, -0.05) is 30.3 Å². The molecule has 0 unspecified atom stereocenters. The molecular weight excluding hydrogens is 468 g/mol. The van der Waals surface area contributed by atoms with Crippen molar-refractivity contribution in [2.24, 2.45) is 0 Å². The summed E-state index contributed by atoms with van der Waals surface area (Å²) in [6.07, 6.45) is 0. The van der Waals surface area contributed by atoms with Crippen LogP contribution in [0.5, 0.6) is 17.2 Å². The van der Waals surface area contributed by atoms with E-state index in [-0.39, 0.29) is 23.8 Å². The lowest BCUT2D eigenvalue weighted by molar-refractivity contribution is -0.119. The first-order valence-electron chi connectivity index (χ1n) is 11.0. The molecule has 9 heteroatoms. The van der Waals surface area contributed by atoms with E-state index in [9.17, 15) is 13.2 Å². The minimum atomic E-state index is -4.09. The van der Waals surface area contributed by atoms with E-state index in [1.54, 1.807) is 30.3 Å². The highest BCUT2D eigenvalue weighted by molar-refractivity contribution is 7.92. The fourth-order valence-electron chi connectivity index (χ4n) is 3.41. The summed E-state index contributed by atoms with van der Waals surface area (Å²) in [6.45, 7) is 4.01. The van der Waals surface area contributed by atoms with Gasteiger partial charge in [-0.2, -0.15) is 0 Å². The SMILES string of the molecule is COc1ccc(S(=O)(=O)N(CC(=O)NCCOc2cc(C)ccc2C)c2ccccc2)cc1OC. The molecule has 0 saturated heterocycles.